The molecule has 0 aromatic carbocycles. The van der Waals surface area contributed by atoms with E-state index in [1.54, 1.807) is 18.0 Å². The quantitative estimate of drug-likeness (QED) is 0.721. The van der Waals surface area contributed by atoms with E-state index in [0.29, 0.717) is 31.3 Å². The van der Waals surface area contributed by atoms with Gasteiger partial charge in [0.1, 0.15) is 18.5 Å². The Morgan fingerprint density at radius 2 is 2.59 bits per heavy atom. The van der Waals surface area contributed by atoms with Gasteiger partial charge in [-0.25, -0.2) is 4.68 Å². The van der Waals surface area contributed by atoms with E-state index in [0.717, 1.165) is 0 Å². The van der Waals surface area contributed by atoms with Crippen LogP contribution in [0.25, 0.3) is 0 Å². The molecule has 2 rings (SSSR count). The van der Waals surface area contributed by atoms with Crippen LogP contribution in [0.2, 0.25) is 0 Å². The molecule has 0 bridgehead atoms. The summed E-state index contributed by atoms with van der Waals surface area (Å²) in [6.45, 7) is 2.76. The highest BCUT2D eigenvalue weighted by atomic mass is 16.6. The molecule has 1 fully saturated rings. The minimum atomic E-state index is -0.0203. The molecular weight excluding hydrogens is 226 g/mol. The number of nitrogens with one attached hydrogen (secondary N) is 1. The Kier molecular flexibility index (Phi) is 3.60. The first-order valence-electron chi connectivity index (χ1n) is 5.29. The minimum Gasteiger partial charge on any atom is -0.467 e. The number of carbonyl (C=O) groups excluding carboxylic acids is 1. The van der Waals surface area contributed by atoms with Crippen molar-refractivity contribution < 1.29 is 19.0 Å². The van der Waals surface area contributed by atoms with Crippen LogP contribution in [0.4, 0.5) is 5.69 Å². The Morgan fingerprint density at radius 1 is 1.76 bits per heavy atom. The van der Waals surface area contributed by atoms with E-state index in [1.165, 1.54) is 0 Å². The molecule has 7 nitrogen and oxygen atoms in total. The summed E-state index contributed by atoms with van der Waals surface area (Å²) >= 11 is 0. The van der Waals surface area contributed by atoms with E-state index in [1.807, 2.05) is 6.92 Å². The third kappa shape index (κ3) is 2.56. The molecule has 0 spiro atoms. The predicted molar refractivity (Wildman–Crippen MR) is 58.8 cm³/mol. The Bertz CT molecular complexity index is 393. The van der Waals surface area contributed by atoms with Crippen molar-refractivity contribution in [3.63, 3.8) is 0 Å². The maximum absolute atomic E-state index is 10.5. The highest BCUT2D eigenvalue weighted by Gasteiger charge is 2.31. The van der Waals surface area contributed by atoms with E-state index in [9.17, 15) is 4.79 Å². The van der Waals surface area contributed by atoms with Crippen molar-refractivity contribution in [1.82, 2.24) is 9.78 Å². The third-order valence-electron chi connectivity index (χ3n) is 2.51. The zero-order chi connectivity index (χ0) is 12.3. The molecule has 1 saturated heterocycles. The van der Waals surface area contributed by atoms with Crippen molar-refractivity contribution in [3.8, 4) is 5.88 Å². The fraction of sp³-hybridized carbons (Fsp3) is 0.600. The summed E-state index contributed by atoms with van der Waals surface area (Å²) in [5.41, 5.74) is 0.524. The maximum atomic E-state index is 10.5. The summed E-state index contributed by atoms with van der Waals surface area (Å²) in [6.07, 6.45) is 2.26. The number of ether oxygens (including phenoxy) is 3. The standard InChI is InChI=1S/C10H15N3O4/c1-7-9(4-16-7)17-10-8(11-5-14)3-13(12-10)6-15-2/h3,5,7,9H,4,6H2,1-2H3,(H,11,14)/t7-,9+/m0/s1. The zero-order valence-corrected chi connectivity index (χ0v) is 9.75. The van der Waals surface area contributed by atoms with Crippen LogP contribution >= 0.6 is 0 Å². The van der Waals surface area contributed by atoms with Crippen LogP contribution in [-0.2, 0) is 21.0 Å². The van der Waals surface area contributed by atoms with Gasteiger partial charge < -0.3 is 19.5 Å². The lowest BCUT2D eigenvalue weighted by atomic mass is 10.2. The van der Waals surface area contributed by atoms with Gasteiger partial charge in [-0.15, -0.1) is 5.10 Å². The van der Waals surface area contributed by atoms with Crippen molar-refractivity contribution in [2.24, 2.45) is 0 Å². The molecule has 7 heteroatoms. The van der Waals surface area contributed by atoms with Crippen molar-refractivity contribution in [2.75, 3.05) is 19.0 Å². The van der Waals surface area contributed by atoms with Crippen LogP contribution in [-0.4, -0.2) is 42.1 Å². The molecule has 1 N–H and O–H groups in total. The van der Waals surface area contributed by atoms with Crippen LogP contribution in [0.3, 0.4) is 0 Å². The van der Waals surface area contributed by atoms with Gasteiger partial charge in [-0.1, -0.05) is 0 Å². The molecule has 94 valence electrons. The molecular formula is C10H15N3O4. The first-order valence-corrected chi connectivity index (χ1v) is 5.29. The number of rotatable bonds is 6. The monoisotopic (exact) mass is 241 g/mol. The van der Waals surface area contributed by atoms with Gasteiger partial charge in [-0.05, 0) is 6.92 Å². The van der Waals surface area contributed by atoms with Gasteiger partial charge in [-0.2, -0.15) is 0 Å². The molecule has 1 aliphatic rings. The number of carbonyl (C=O) groups is 1. The molecule has 0 unspecified atom stereocenters. The topological polar surface area (TPSA) is 74.6 Å². The summed E-state index contributed by atoms with van der Waals surface area (Å²) in [7, 11) is 1.57. The van der Waals surface area contributed by atoms with E-state index in [4.69, 9.17) is 14.2 Å². The van der Waals surface area contributed by atoms with E-state index in [-0.39, 0.29) is 12.2 Å². The molecule has 0 radical (unpaired) electrons. The Hall–Kier alpha value is -1.60. The number of hydrogen-bond acceptors (Lipinski definition) is 5. The summed E-state index contributed by atoms with van der Waals surface area (Å²) in [6, 6.07) is 0. The molecule has 2 atom stereocenters. The maximum Gasteiger partial charge on any atom is 0.257 e. The average molecular weight is 241 g/mol. The van der Waals surface area contributed by atoms with Gasteiger partial charge in [0.25, 0.3) is 5.88 Å². The minimum absolute atomic E-state index is 0.0203. The predicted octanol–water partition coefficient (Wildman–Crippen LogP) is 0.221. The van der Waals surface area contributed by atoms with Crippen molar-refractivity contribution in [2.45, 2.75) is 25.9 Å². The Morgan fingerprint density at radius 3 is 3.12 bits per heavy atom. The number of anilines is 1. The SMILES string of the molecule is COCn1cc(NC=O)c(O[C@@H]2CO[C@H]2C)n1. The Balaban J connectivity index is 2.09. The molecule has 0 saturated carbocycles. The van der Waals surface area contributed by atoms with Crippen molar-refractivity contribution in [3.05, 3.63) is 6.20 Å². The van der Waals surface area contributed by atoms with Gasteiger partial charge >= 0.3 is 0 Å². The molecule has 0 aliphatic carbocycles. The van der Waals surface area contributed by atoms with Crippen LogP contribution in [0.1, 0.15) is 6.92 Å². The molecule has 1 aliphatic heterocycles. The zero-order valence-electron chi connectivity index (χ0n) is 9.75. The van der Waals surface area contributed by atoms with Crippen LogP contribution in [0, 0.1) is 0 Å². The molecule has 1 aromatic heterocycles. The second kappa shape index (κ2) is 5.15. The number of amides is 1. The second-order valence-corrected chi connectivity index (χ2v) is 3.76. The molecule has 2 heterocycles. The number of hydrogen-bond donors (Lipinski definition) is 1. The molecule has 1 amide bonds. The Labute approximate surface area is 98.6 Å². The number of aromatic nitrogens is 2. The van der Waals surface area contributed by atoms with Crippen molar-refractivity contribution in [1.29, 1.82) is 0 Å². The highest BCUT2D eigenvalue weighted by Crippen LogP contribution is 2.26. The van der Waals surface area contributed by atoms with E-state index < -0.39 is 0 Å². The second-order valence-electron chi connectivity index (χ2n) is 3.76. The van der Waals surface area contributed by atoms with E-state index in [2.05, 4.69) is 10.4 Å². The molecule has 17 heavy (non-hydrogen) atoms. The highest BCUT2D eigenvalue weighted by molar-refractivity contribution is 5.73. The van der Waals surface area contributed by atoms with Gasteiger partial charge in [0, 0.05) is 7.11 Å². The summed E-state index contributed by atoms with van der Waals surface area (Å²) < 4.78 is 17.3. The summed E-state index contributed by atoms with van der Waals surface area (Å²) in [5, 5.41) is 6.71. The summed E-state index contributed by atoms with van der Waals surface area (Å²) in [5.74, 6) is 0.384. The molecule has 1 aromatic rings. The average Bonchev–Trinajstić information content (AvgIpc) is 2.67. The van der Waals surface area contributed by atoms with Crippen LogP contribution in [0.5, 0.6) is 5.88 Å². The number of nitrogens with zero attached hydrogens (tertiary/aromatic N) is 2. The lowest BCUT2D eigenvalue weighted by molar-refractivity contribution is -0.140. The van der Waals surface area contributed by atoms with Crippen LogP contribution < -0.4 is 10.1 Å². The van der Waals surface area contributed by atoms with E-state index >= 15 is 0 Å². The van der Waals surface area contributed by atoms with Crippen molar-refractivity contribution >= 4 is 12.1 Å². The van der Waals surface area contributed by atoms with Gasteiger partial charge in [0.05, 0.1) is 18.9 Å². The normalized spacial score (nSPS) is 22.9. The van der Waals surface area contributed by atoms with Gasteiger partial charge in [0.2, 0.25) is 6.41 Å². The van der Waals surface area contributed by atoms with Gasteiger partial charge in [-0.3, -0.25) is 4.79 Å². The fourth-order valence-electron chi connectivity index (χ4n) is 1.49. The first-order chi connectivity index (χ1) is 8.24. The lowest BCUT2D eigenvalue weighted by Gasteiger charge is -2.33. The van der Waals surface area contributed by atoms with Crippen LogP contribution in [0.15, 0.2) is 6.20 Å². The fourth-order valence-corrected chi connectivity index (χ4v) is 1.49. The lowest BCUT2D eigenvalue weighted by Crippen LogP contribution is -2.46. The number of methoxy groups -OCH3 is 1. The smallest absolute Gasteiger partial charge is 0.257 e. The summed E-state index contributed by atoms with van der Waals surface area (Å²) in [4.78, 5) is 10.5. The third-order valence-corrected chi connectivity index (χ3v) is 2.51. The largest absolute Gasteiger partial charge is 0.467 e. The van der Waals surface area contributed by atoms with Gasteiger partial charge in [0.15, 0.2) is 0 Å². The first kappa shape index (κ1) is 11.9.